The number of fused-ring (bicyclic) bond motifs is 1. The molecule has 1 atom stereocenters. The van der Waals surface area contributed by atoms with Gasteiger partial charge in [-0.1, -0.05) is 53.6 Å². The molecule has 1 amide bonds. The summed E-state index contributed by atoms with van der Waals surface area (Å²) in [5, 5.41) is 15.9. The fourth-order valence-electron chi connectivity index (χ4n) is 5.12. The van der Waals surface area contributed by atoms with Crippen molar-refractivity contribution in [1.29, 1.82) is 0 Å². The van der Waals surface area contributed by atoms with Crippen LogP contribution in [0.2, 0.25) is 0 Å². The number of benzene rings is 3. The third kappa shape index (κ3) is 6.06. The number of carbonyl (C=O) groups excluding carboxylic acids is 1. The number of nitrogens with one attached hydrogen (secondary N) is 1. The van der Waals surface area contributed by atoms with Gasteiger partial charge in [0.05, 0.1) is 13.2 Å². The molecule has 1 aliphatic carbocycles. The van der Waals surface area contributed by atoms with Crippen LogP contribution >= 0.6 is 0 Å². The first kappa shape index (κ1) is 26.3. The molecule has 3 aromatic rings. The van der Waals surface area contributed by atoms with Crippen molar-refractivity contribution in [2.45, 2.75) is 43.8 Å². The number of carbonyl (C=O) groups is 1. The van der Waals surface area contributed by atoms with Gasteiger partial charge in [-0.2, -0.15) is 0 Å². The Balaban J connectivity index is 1.41. The first-order chi connectivity index (χ1) is 19.1. The molecule has 0 saturated heterocycles. The van der Waals surface area contributed by atoms with Crippen LogP contribution < -0.4 is 10.1 Å². The van der Waals surface area contributed by atoms with E-state index in [1.165, 1.54) is 11.1 Å². The Kier molecular flexibility index (Phi) is 8.10. The minimum atomic E-state index is -1.17. The van der Waals surface area contributed by atoms with Crippen molar-refractivity contribution in [3.05, 3.63) is 111 Å². The maximum atomic E-state index is 14.0. The monoisotopic (exact) mass is 525 g/mol. The average molecular weight is 526 g/mol. The van der Waals surface area contributed by atoms with Gasteiger partial charge in [-0.3, -0.25) is 4.79 Å². The summed E-state index contributed by atoms with van der Waals surface area (Å²) in [6, 6.07) is 23.2. The van der Waals surface area contributed by atoms with Crippen LogP contribution in [0.1, 0.15) is 34.2 Å². The summed E-state index contributed by atoms with van der Waals surface area (Å²) >= 11 is 0. The molecule has 2 N–H and O–H groups in total. The molecule has 0 radical (unpaired) electrons. The molecule has 0 unspecified atom stereocenters. The summed E-state index contributed by atoms with van der Waals surface area (Å²) in [7, 11) is 0. The normalized spacial score (nSPS) is 18.0. The molecule has 9 nitrogen and oxygen atoms in total. The Morgan fingerprint density at radius 1 is 1.08 bits per heavy atom. The lowest BCUT2D eigenvalue weighted by Gasteiger charge is -2.26. The van der Waals surface area contributed by atoms with Crippen molar-refractivity contribution in [2.24, 2.45) is 10.1 Å². The van der Waals surface area contributed by atoms with E-state index in [2.05, 4.69) is 27.5 Å². The lowest BCUT2D eigenvalue weighted by Crippen LogP contribution is -2.52. The zero-order chi connectivity index (χ0) is 27.1. The Morgan fingerprint density at radius 2 is 1.77 bits per heavy atom. The van der Waals surface area contributed by atoms with Crippen molar-refractivity contribution in [2.75, 3.05) is 19.8 Å². The maximum Gasteiger partial charge on any atom is 0.252 e. The Bertz CT molecular complexity index is 1380. The van der Waals surface area contributed by atoms with E-state index >= 15 is 0 Å². The molecule has 2 aliphatic rings. The van der Waals surface area contributed by atoms with Crippen LogP contribution in [0.4, 0.5) is 0 Å². The summed E-state index contributed by atoms with van der Waals surface area (Å²) in [5.41, 5.74) is 12.7. The number of rotatable bonds is 11. The van der Waals surface area contributed by atoms with E-state index in [1.807, 2.05) is 60.7 Å². The first-order valence-electron chi connectivity index (χ1n) is 13.1. The fourth-order valence-corrected chi connectivity index (χ4v) is 5.12. The van der Waals surface area contributed by atoms with Crippen molar-refractivity contribution in [1.82, 2.24) is 5.32 Å². The van der Waals surface area contributed by atoms with Crippen LogP contribution in [0.5, 0.6) is 5.75 Å². The molecule has 0 fully saturated rings. The SMILES string of the molecule is [N-]=[N+]=NCc1ccccc1C[C@]1(C(=O)NC2Cc3ccccc3C2)COC(c2ccc(OCCCO)cc2)=N1. The Hall–Kier alpha value is -4.33. The third-order valence-electron chi connectivity index (χ3n) is 7.15. The molecule has 0 bridgehead atoms. The highest BCUT2D eigenvalue weighted by atomic mass is 16.5. The average Bonchev–Trinajstić information content (AvgIpc) is 3.58. The molecule has 0 aromatic heterocycles. The molecule has 200 valence electrons. The van der Waals surface area contributed by atoms with Crippen LogP contribution in [0.3, 0.4) is 0 Å². The van der Waals surface area contributed by atoms with E-state index in [0.29, 0.717) is 31.1 Å². The molecule has 5 rings (SSSR count). The highest BCUT2D eigenvalue weighted by Gasteiger charge is 2.45. The fraction of sp³-hybridized carbons (Fsp3) is 0.333. The van der Waals surface area contributed by atoms with Crippen LogP contribution in [0.25, 0.3) is 10.4 Å². The van der Waals surface area contributed by atoms with Gasteiger partial charge in [0.2, 0.25) is 5.90 Å². The van der Waals surface area contributed by atoms with Crippen molar-refractivity contribution < 1.29 is 19.4 Å². The van der Waals surface area contributed by atoms with Gasteiger partial charge in [0.15, 0.2) is 5.54 Å². The number of aliphatic hydroxyl groups excluding tert-OH is 1. The number of aliphatic hydroxyl groups is 1. The molecule has 0 spiro atoms. The second-order valence-corrected chi connectivity index (χ2v) is 9.87. The number of hydrogen-bond donors (Lipinski definition) is 2. The predicted octanol–water partition coefficient (Wildman–Crippen LogP) is 4.30. The molecule has 9 heteroatoms. The number of aliphatic imine (C=N–C) groups is 1. The van der Waals surface area contributed by atoms with Gasteiger partial charge < -0.3 is 19.9 Å². The molecule has 1 aliphatic heterocycles. The van der Waals surface area contributed by atoms with Crippen LogP contribution in [0, 0.1) is 0 Å². The zero-order valence-corrected chi connectivity index (χ0v) is 21.6. The topological polar surface area (TPSA) is 129 Å². The highest BCUT2D eigenvalue weighted by molar-refractivity contribution is 6.00. The minimum Gasteiger partial charge on any atom is -0.494 e. The number of nitrogens with zero attached hydrogens (tertiary/aromatic N) is 4. The van der Waals surface area contributed by atoms with E-state index in [-0.39, 0.29) is 31.7 Å². The lowest BCUT2D eigenvalue weighted by molar-refractivity contribution is -0.127. The summed E-state index contributed by atoms with van der Waals surface area (Å²) in [5.74, 6) is 0.898. The molecular formula is C30H31N5O4. The van der Waals surface area contributed by atoms with Gasteiger partial charge in [0.1, 0.15) is 12.4 Å². The van der Waals surface area contributed by atoms with E-state index in [9.17, 15) is 4.79 Å². The number of ether oxygens (including phenoxy) is 2. The predicted molar refractivity (Wildman–Crippen MR) is 148 cm³/mol. The number of hydrogen-bond acceptors (Lipinski definition) is 6. The van der Waals surface area contributed by atoms with Crippen molar-refractivity contribution in [3.8, 4) is 5.75 Å². The van der Waals surface area contributed by atoms with Gasteiger partial charge in [-0.05, 0) is 64.9 Å². The minimum absolute atomic E-state index is 0.0141. The van der Waals surface area contributed by atoms with Gasteiger partial charge in [-0.15, -0.1) is 0 Å². The maximum absolute atomic E-state index is 14.0. The van der Waals surface area contributed by atoms with Crippen LogP contribution in [-0.2, 0) is 35.3 Å². The van der Waals surface area contributed by atoms with E-state index in [0.717, 1.165) is 29.5 Å². The molecule has 1 heterocycles. The quantitative estimate of drug-likeness (QED) is 0.167. The summed E-state index contributed by atoms with van der Waals surface area (Å²) < 4.78 is 11.7. The summed E-state index contributed by atoms with van der Waals surface area (Å²) in [4.78, 5) is 21.8. The van der Waals surface area contributed by atoms with Gasteiger partial charge in [-0.25, -0.2) is 4.99 Å². The second kappa shape index (κ2) is 12.0. The summed E-state index contributed by atoms with van der Waals surface area (Å²) in [6.07, 6.45) is 2.42. The first-order valence-corrected chi connectivity index (χ1v) is 13.1. The third-order valence-corrected chi connectivity index (χ3v) is 7.15. The standard InChI is InChI=1S/C30H31N5O4/c31-35-32-19-25-9-4-3-8-24(25)18-30(29(37)33-26-16-22-6-1-2-7-23(22)17-26)20-39-28(34-30)21-10-12-27(13-11-21)38-15-5-14-36/h1-4,6-13,26,36H,5,14-20H2,(H,33,37)/t30-/m1/s1. The number of azide groups is 1. The smallest absolute Gasteiger partial charge is 0.252 e. The molecule has 3 aromatic carbocycles. The van der Waals surface area contributed by atoms with Crippen LogP contribution in [0.15, 0.2) is 82.9 Å². The lowest BCUT2D eigenvalue weighted by atomic mass is 9.88. The van der Waals surface area contributed by atoms with Crippen LogP contribution in [-0.4, -0.2) is 48.3 Å². The molecule has 0 saturated carbocycles. The molecular weight excluding hydrogens is 494 g/mol. The number of amides is 1. The van der Waals surface area contributed by atoms with E-state index in [1.54, 1.807) is 0 Å². The van der Waals surface area contributed by atoms with E-state index in [4.69, 9.17) is 25.1 Å². The van der Waals surface area contributed by atoms with Crippen molar-refractivity contribution >= 4 is 11.8 Å². The molecule has 39 heavy (non-hydrogen) atoms. The van der Waals surface area contributed by atoms with E-state index < -0.39 is 5.54 Å². The second-order valence-electron chi connectivity index (χ2n) is 9.87. The van der Waals surface area contributed by atoms with Gasteiger partial charge in [0.25, 0.3) is 5.91 Å². The van der Waals surface area contributed by atoms with Gasteiger partial charge in [0, 0.05) is 36.0 Å². The van der Waals surface area contributed by atoms with Crippen molar-refractivity contribution in [3.63, 3.8) is 0 Å². The summed E-state index contributed by atoms with van der Waals surface area (Å²) in [6.45, 7) is 0.790. The Labute approximate surface area is 227 Å². The zero-order valence-electron chi connectivity index (χ0n) is 21.6. The highest BCUT2D eigenvalue weighted by Crippen LogP contribution is 2.30. The largest absolute Gasteiger partial charge is 0.494 e. The van der Waals surface area contributed by atoms with Gasteiger partial charge >= 0.3 is 0 Å². The Morgan fingerprint density at radius 3 is 2.46 bits per heavy atom.